The van der Waals surface area contributed by atoms with Crippen LogP contribution in [0, 0.1) is 0 Å². The number of amides is 3. The standard InChI is InChI=1S/C23H33N5O2/c1-5-28(6-2)15-14-24-22(29)20-16-19(12-13-21(20)27(3)4)26-23(30)25-17-18-10-8-7-9-11-18/h7-13,16H,5-6,14-15,17H2,1-4H3,(H,24,29)(H2,25,26,30). The van der Waals surface area contributed by atoms with Gasteiger partial charge in [0.15, 0.2) is 0 Å². The van der Waals surface area contributed by atoms with E-state index in [9.17, 15) is 9.59 Å². The minimum atomic E-state index is -0.315. The highest BCUT2D eigenvalue weighted by Gasteiger charge is 2.15. The Kier molecular flexibility index (Phi) is 9.15. The molecule has 2 aromatic rings. The molecule has 0 atom stereocenters. The normalized spacial score (nSPS) is 10.6. The van der Waals surface area contributed by atoms with Crippen molar-refractivity contribution < 1.29 is 9.59 Å². The van der Waals surface area contributed by atoms with Crippen LogP contribution < -0.4 is 20.9 Å². The number of rotatable bonds is 10. The van der Waals surface area contributed by atoms with E-state index in [0.29, 0.717) is 24.3 Å². The molecule has 7 heteroatoms. The van der Waals surface area contributed by atoms with E-state index in [1.165, 1.54) is 0 Å². The summed E-state index contributed by atoms with van der Waals surface area (Å²) < 4.78 is 0. The number of hydrogen-bond acceptors (Lipinski definition) is 4. The Labute approximate surface area is 179 Å². The molecular formula is C23H33N5O2. The first-order valence-electron chi connectivity index (χ1n) is 10.3. The summed E-state index contributed by atoms with van der Waals surface area (Å²) in [6, 6.07) is 14.7. The maximum atomic E-state index is 12.8. The fraction of sp³-hybridized carbons (Fsp3) is 0.391. The average Bonchev–Trinajstić information content (AvgIpc) is 2.75. The Morgan fingerprint density at radius 3 is 2.27 bits per heavy atom. The highest BCUT2D eigenvalue weighted by atomic mass is 16.2. The van der Waals surface area contributed by atoms with Crippen LogP contribution >= 0.6 is 0 Å². The molecule has 162 valence electrons. The van der Waals surface area contributed by atoms with E-state index < -0.39 is 0 Å². The maximum Gasteiger partial charge on any atom is 0.319 e. The molecule has 0 aliphatic heterocycles. The lowest BCUT2D eigenvalue weighted by atomic mass is 10.1. The van der Waals surface area contributed by atoms with Crippen LogP contribution in [0.3, 0.4) is 0 Å². The predicted molar refractivity (Wildman–Crippen MR) is 123 cm³/mol. The molecule has 7 nitrogen and oxygen atoms in total. The van der Waals surface area contributed by atoms with Crippen LogP contribution in [-0.2, 0) is 6.54 Å². The van der Waals surface area contributed by atoms with Crippen LogP contribution in [0.4, 0.5) is 16.2 Å². The van der Waals surface area contributed by atoms with Gasteiger partial charge in [-0.05, 0) is 36.9 Å². The molecule has 0 radical (unpaired) electrons. The maximum absolute atomic E-state index is 12.8. The Morgan fingerprint density at radius 1 is 0.933 bits per heavy atom. The molecule has 0 unspecified atom stereocenters. The van der Waals surface area contributed by atoms with Crippen molar-refractivity contribution in [1.29, 1.82) is 0 Å². The van der Waals surface area contributed by atoms with Gasteiger partial charge < -0.3 is 25.8 Å². The zero-order chi connectivity index (χ0) is 21.9. The fourth-order valence-corrected chi connectivity index (χ4v) is 3.10. The van der Waals surface area contributed by atoms with Crippen molar-refractivity contribution in [3.63, 3.8) is 0 Å². The van der Waals surface area contributed by atoms with Gasteiger partial charge in [0.25, 0.3) is 5.91 Å². The van der Waals surface area contributed by atoms with Gasteiger partial charge in [-0.25, -0.2) is 4.79 Å². The zero-order valence-corrected chi connectivity index (χ0v) is 18.4. The van der Waals surface area contributed by atoms with E-state index in [0.717, 1.165) is 30.9 Å². The van der Waals surface area contributed by atoms with Crippen molar-refractivity contribution in [2.75, 3.05) is 50.5 Å². The summed E-state index contributed by atoms with van der Waals surface area (Å²) in [5.41, 5.74) is 2.91. The lowest BCUT2D eigenvalue weighted by Crippen LogP contribution is -2.35. The van der Waals surface area contributed by atoms with Gasteiger partial charge in [-0.3, -0.25) is 4.79 Å². The van der Waals surface area contributed by atoms with Gasteiger partial charge in [0.1, 0.15) is 0 Å². The molecule has 0 aliphatic rings. The van der Waals surface area contributed by atoms with Crippen molar-refractivity contribution in [1.82, 2.24) is 15.5 Å². The molecule has 0 aromatic heterocycles. The summed E-state index contributed by atoms with van der Waals surface area (Å²) in [6.07, 6.45) is 0. The Balaban J connectivity index is 2.01. The third-order valence-corrected chi connectivity index (χ3v) is 4.88. The monoisotopic (exact) mass is 411 g/mol. The molecule has 2 aromatic carbocycles. The number of hydrogen-bond donors (Lipinski definition) is 3. The van der Waals surface area contributed by atoms with Crippen LogP contribution in [0.1, 0.15) is 29.8 Å². The van der Waals surface area contributed by atoms with Crippen molar-refractivity contribution in [2.45, 2.75) is 20.4 Å². The van der Waals surface area contributed by atoms with Crippen molar-refractivity contribution in [3.05, 3.63) is 59.7 Å². The summed E-state index contributed by atoms with van der Waals surface area (Å²) >= 11 is 0. The molecule has 3 N–H and O–H groups in total. The van der Waals surface area contributed by atoms with Gasteiger partial charge in [0.05, 0.1) is 5.56 Å². The third-order valence-electron chi connectivity index (χ3n) is 4.88. The zero-order valence-electron chi connectivity index (χ0n) is 18.4. The summed E-state index contributed by atoms with van der Waals surface area (Å²) in [6.45, 7) is 7.92. The number of likely N-dealkylation sites (N-methyl/N-ethyl adjacent to an activating group) is 1. The Bertz CT molecular complexity index is 820. The van der Waals surface area contributed by atoms with E-state index in [1.807, 2.05) is 55.4 Å². The van der Waals surface area contributed by atoms with E-state index in [4.69, 9.17) is 0 Å². The highest BCUT2D eigenvalue weighted by Crippen LogP contribution is 2.23. The van der Waals surface area contributed by atoms with Gasteiger partial charge >= 0.3 is 6.03 Å². The average molecular weight is 412 g/mol. The molecular weight excluding hydrogens is 378 g/mol. The molecule has 0 spiro atoms. The van der Waals surface area contributed by atoms with Gasteiger partial charge in [0.2, 0.25) is 0 Å². The SMILES string of the molecule is CCN(CC)CCNC(=O)c1cc(NC(=O)NCc2ccccc2)ccc1N(C)C. The topological polar surface area (TPSA) is 76.7 Å². The molecule has 0 fully saturated rings. The van der Waals surface area contributed by atoms with E-state index in [2.05, 4.69) is 34.7 Å². The first-order valence-corrected chi connectivity index (χ1v) is 10.3. The first kappa shape index (κ1) is 23.2. The number of carbonyl (C=O) groups excluding carboxylic acids is 2. The molecule has 0 bridgehead atoms. The number of urea groups is 1. The van der Waals surface area contributed by atoms with E-state index in [1.54, 1.807) is 12.1 Å². The number of nitrogens with one attached hydrogen (secondary N) is 3. The second kappa shape index (κ2) is 11.8. The summed E-state index contributed by atoms with van der Waals surface area (Å²) in [5, 5.41) is 8.62. The van der Waals surface area contributed by atoms with Gasteiger partial charge in [-0.15, -0.1) is 0 Å². The molecule has 0 aliphatic carbocycles. The number of anilines is 2. The first-order chi connectivity index (χ1) is 14.4. The van der Waals surface area contributed by atoms with Gasteiger partial charge in [0, 0.05) is 45.1 Å². The lowest BCUT2D eigenvalue weighted by Gasteiger charge is -2.20. The highest BCUT2D eigenvalue weighted by molar-refractivity contribution is 6.01. The predicted octanol–water partition coefficient (Wildman–Crippen LogP) is 3.15. The smallest absolute Gasteiger partial charge is 0.319 e. The molecule has 0 heterocycles. The van der Waals surface area contributed by atoms with E-state index in [-0.39, 0.29) is 11.9 Å². The van der Waals surface area contributed by atoms with Crippen molar-refractivity contribution in [3.8, 4) is 0 Å². The second-order valence-electron chi connectivity index (χ2n) is 7.20. The molecule has 0 saturated heterocycles. The Morgan fingerprint density at radius 2 is 1.63 bits per heavy atom. The van der Waals surface area contributed by atoms with E-state index >= 15 is 0 Å². The van der Waals surface area contributed by atoms with Crippen LogP contribution in [0.15, 0.2) is 48.5 Å². The fourth-order valence-electron chi connectivity index (χ4n) is 3.10. The second-order valence-corrected chi connectivity index (χ2v) is 7.20. The summed E-state index contributed by atoms with van der Waals surface area (Å²) in [5.74, 6) is -0.154. The van der Waals surface area contributed by atoms with Gasteiger partial charge in [-0.1, -0.05) is 44.2 Å². The largest absolute Gasteiger partial charge is 0.377 e. The lowest BCUT2D eigenvalue weighted by molar-refractivity contribution is 0.0949. The van der Waals surface area contributed by atoms with Gasteiger partial charge in [-0.2, -0.15) is 0 Å². The van der Waals surface area contributed by atoms with Crippen molar-refractivity contribution in [2.24, 2.45) is 0 Å². The quantitative estimate of drug-likeness (QED) is 0.561. The van der Waals surface area contributed by atoms with Crippen LogP contribution in [0.25, 0.3) is 0 Å². The number of benzene rings is 2. The Hall–Kier alpha value is -3.06. The molecule has 0 saturated carbocycles. The minimum absolute atomic E-state index is 0.154. The van der Waals surface area contributed by atoms with Crippen LogP contribution in [0.2, 0.25) is 0 Å². The number of carbonyl (C=O) groups is 2. The number of nitrogens with zero attached hydrogens (tertiary/aromatic N) is 2. The third kappa shape index (κ3) is 7.08. The summed E-state index contributed by atoms with van der Waals surface area (Å²) in [7, 11) is 3.78. The minimum Gasteiger partial charge on any atom is -0.377 e. The summed E-state index contributed by atoms with van der Waals surface area (Å²) in [4.78, 5) is 29.2. The van der Waals surface area contributed by atoms with Crippen molar-refractivity contribution >= 4 is 23.3 Å². The molecule has 3 amide bonds. The van der Waals surface area contributed by atoms with Crippen LogP contribution in [-0.4, -0.2) is 57.1 Å². The van der Waals surface area contributed by atoms with Crippen LogP contribution in [0.5, 0.6) is 0 Å². The molecule has 30 heavy (non-hydrogen) atoms. The molecule has 2 rings (SSSR count).